The Labute approximate surface area is 102 Å². The van der Waals surface area contributed by atoms with Crippen molar-refractivity contribution in [2.75, 3.05) is 0 Å². The van der Waals surface area contributed by atoms with E-state index in [1.165, 1.54) is 24.8 Å². The van der Waals surface area contributed by atoms with Crippen LogP contribution in [0.15, 0.2) is 30.3 Å². The number of benzene rings is 1. The molecule has 2 atom stereocenters. The molecule has 1 aliphatic carbocycles. The Morgan fingerprint density at radius 2 is 2.00 bits per heavy atom. The van der Waals surface area contributed by atoms with Crippen molar-refractivity contribution in [3.8, 4) is 0 Å². The maximum Gasteiger partial charge on any atom is 0.234 e. The molecule has 0 heterocycles. The molecular weight excluding hydrogens is 212 g/mol. The zero-order chi connectivity index (χ0) is 12.3. The number of hydrogen-bond donors (Lipinski definition) is 2. The van der Waals surface area contributed by atoms with Gasteiger partial charge in [-0.15, -0.1) is 0 Å². The van der Waals surface area contributed by atoms with Gasteiger partial charge < -0.3 is 5.73 Å². The van der Waals surface area contributed by atoms with Gasteiger partial charge in [-0.2, -0.15) is 0 Å². The molecule has 17 heavy (non-hydrogen) atoms. The first-order chi connectivity index (χ1) is 8.18. The smallest absolute Gasteiger partial charge is 0.234 e. The Hall–Kier alpha value is -1.35. The molecule has 1 fully saturated rings. The summed E-state index contributed by atoms with van der Waals surface area (Å²) < 4.78 is 0. The molecule has 92 valence electrons. The molecule has 0 bridgehead atoms. The number of rotatable bonds is 5. The normalized spacial score (nSPS) is 19.4. The van der Waals surface area contributed by atoms with E-state index in [1.807, 2.05) is 25.1 Å². The number of primary amides is 1. The van der Waals surface area contributed by atoms with Gasteiger partial charge in [-0.1, -0.05) is 36.8 Å². The summed E-state index contributed by atoms with van der Waals surface area (Å²) in [6.45, 7) is 1.83. The SMILES string of the molecule is C[C@@H](N[C@@H](c1ccccc1)C1CCC1)C(N)=O. The number of carbonyl (C=O) groups excluding carboxylic acids is 1. The lowest BCUT2D eigenvalue weighted by Crippen LogP contribution is -2.44. The minimum atomic E-state index is -0.287. The van der Waals surface area contributed by atoms with Crippen molar-refractivity contribution in [2.24, 2.45) is 11.7 Å². The monoisotopic (exact) mass is 232 g/mol. The molecular formula is C14H20N2O. The summed E-state index contributed by atoms with van der Waals surface area (Å²) in [5, 5.41) is 3.36. The highest BCUT2D eigenvalue weighted by Gasteiger charge is 2.29. The van der Waals surface area contributed by atoms with Crippen LogP contribution in [0.3, 0.4) is 0 Å². The second-order valence-corrected chi connectivity index (χ2v) is 4.87. The summed E-state index contributed by atoms with van der Waals surface area (Å²) in [5.74, 6) is 0.351. The average Bonchev–Trinajstić information content (AvgIpc) is 2.26. The van der Waals surface area contributed by atoms with E-state index in [-0.39, 0.29) is 18.0 Å². The third kappa shape index (κ3) is 2.86. The first kappa shape index (κ1) is 12.1. The van der Waals surface area contributed by atoms with Crippen molar-refractivity contribution in [3.05, 3.63) is 35.9 Å². The highest BCUT2D eigenvalue weighted by atomic mass is 16.1. The van der Waals surface area contributed by atoms with E-state index in [0.29, 0.717) is 5.92 Å². The van der Waals surface area contributed by atoms with E-state index in [9.17, 15) is 4.79 Å². The topological polar surface area (TPSA) is 55.1 Å². The first-order valence-electron chi connectivity index (χ1n) is 6.29. The standard InChI is InChI=1S/C14H20N2O/c1-10(14(15)17)16-13(12-8-5-9-12)11-6-3-2-4-7-11/h2-4,6-7,10,12-13,16H,5,8-9H2,1H3,(H2,15,17)/t10-,13+/m1/s1. The van der Waals surface area contributed by atoms with E-state index < -0.39 is 0 Å². The fraction of sp³-hybridized carbons (Fsp3) is 0.500. The van der Waals surface area contributed by atoms with Crippen molar-refractivity contribution in [2.45, 2.75) is 38.3 Å². The van der Waals surface area contributed by atoms with Crippen LogP contribution >= 0.6 is 0 Å². The fourth-order valence-electron chi connectivity index (χ4n) is 2.29. The van der Waals surface area contributed by atoms with Crippen LogP contribution in [0.5, 0.6) is 0 Å². The molecule has 1 aromatic rings. The van der Waals surface area contributed by atoms with Gasteiger partial charge in [0.05, 0.1) is 6.04 Å². The van der Waals surface area contributed by atoms with Gasteiger partial charge in [0.2, 0.25) is 5.91 Å². The largest absolute Gasteiger partial charge is 0.368 e. The first-order valence-corrected chi connectivity index (χ1v) is 6.29. The van der Waals surface area contributed by atoms with Crippen molar-refractivity contribution in [1.29, 1.82) is 0 Å². The van der Waals surface area contributed by atoms with Crippen LogP contribution in [0.25, 0.3) is 0 Å². The molecule has 0 spiro atoms. The molecule has 2 rings (SSSR count). The van der Waals surface area contributed by atoms with Gasteiger partial charge in [0, 0.05) is 6.04 Å². The van der Waals surface area contributed by atoms with E-state index in [2.05, 4.69) is 17.4 Å². The van der Waals surface area contributed by atoms with E-state index in [1.54, 1.807) is 0 Å². The molecule has 3 nitrogen and oxygen atoms in total. The second-order valence-electron chi connectivity index (χ2n) is 4.87. The maximum atomic E-state index is 11.2. The van der Waals surface area contributed by atoms with Gasteiger partial charge in [-0.3, -0.25) is 10.1 Å². The number of hydrogen-bond acceptors (Lipinski definition) is 2. The molecule has 0 radical (unpaired) electrons. The zero-order valence-electron chi connectivity index (χ0n) is 10.2. The lowest BCUT2D eigenvalue weighted by atomic mass is 9.77. The minimum absolute atomic E-state index is 0.257. The van der Waals surface area contributed by atoms with E-state index in [4.69, 9.17) is 5.73 Å². The van der Waals surface area contributed by atoms with Crippen LogP contribution in [0.4, 0.5) is 0 Å². The fourth-order valence-corrected chi connectivity index (χ4v) is 2.29. The molecule has 0 aromatic heterocycles. The third-order valence-corrected chi connectivity index (χ3v) is 3.64. The van der Waals surface area contributed by atoms with Crippen LogP contribution in [-0.4, -0.2) is 11.9 Å². The van der Waals surface area contributed by atoms with Crippen LogP contribution < -0.4 is 11.1 Å². The second kappa shape index (κ2) is 5.32. The molecule has 3 heteroatoms. The van der Waals surface area contributed by atoms with Gasteiger partial charge in [-0.25, -0.2) is 0 Å². The predicted molar refractivity (Wildman–Crippen MR) is 68.3 cm³/mol. The minimum Gasteiger partial charge on any atom is -0.368 e. The van der Waals surface area contributed by atoms with Crippen LogP contribution in [-0.2, 0) is 4.79 Å². The third-order valence-electron chi connectivity index (χ3n) is 3.64. The van der Waals surface area contributed by atoms with Gasteiger partial charge in [-0.05, 0) is 31.2 Å². The lowest BCUT2D eigenvalue weighted by molar-refractivity contribution is -0.120. The van der Waals surface area contributed by atoms with E-state index >= 15 is 0 Å². The summed E-state index contributed by atoms with van der Waals surface area (Å²) in [4.78, 5) is 11.2. The molecule has 3 N–H and O–H groups in total. The Balaban J connectivity index is 2.11. The van der Waals surface area contributed by atoms with Crippen molar-refractivity contribution >= 4 is 5.91 Å². The quantitative estimate of drug-likeness (QED) is 0.815. The zero-order valence-corrected chi connectivity index (χ0v) is 10.2. The van der Waals surface area contributed by atoms with Crippen molar-refractivity contribution < 1.29 is 4.79 Å². The van der Waals surface area contributed by atoms with Gasteiger partial charge in [0.25, 0.3) is 0 Å². The molecule has 1 amide bonds. The molecule has 0 saturated heterocycles. The van der Waals surface area contributed by atoms with Crippen LogP contribution in [0.2, 0.25) is 0 Å². The Morgan fingerprint density at radius 3 is 2.47 bits per heavy atom. The molecule has 1 aromatic carbocycles. The van der Waals surface area contributed by atoms with Crippen LogP contribution in [0, 0.1) is 5.92 Å². The lowest BCUT2D eigenvalue weighted by Gasteiger charge is -2.36. The Morgan fingerprint density at radius 1 is 1.35 bits per heavy atom. The van der Waals surface area contributed by atoms with Gasteiger partial charge in [0.15, 0.2) is 0 Å². The van der Waals surface area contributed by atoms with E-state index in [0.717, 1.165) is 0 Å². The van der Waals surface area contributed by atoms with Gasteiger partial charge in [0.1, 0.15) is 0 Å². The maximum absolute atomic E-state index is 11.2. The molecule has 0 unspecified atom stereocenters. The number of carbonyl (C=O) groups is 1. The number of nitrogens with two attached hydrogens (primary N) is 1. The highest BCUT2D eigenvalue weighted by molar-refractivity contribution is 5.79. The molecule has 1 aliphatic rings. The number of nitrogens with one attached hydrogen (secondary N) is 1. The summed E-state index contributed by atoms with van der Waals surface area (Å²) in [7, 11) is 0. The summed E-state index contributed by atoms with van der Waals surface area (Å²) >= 11 is 0. The Kier molecular flexibility index (Phi) is 3.79. The summed E-state index contributed by atoms with van der Waals surface area (Å²) in [6, 6.07) is 10.3. The average molecular weight is 232 g/mol. The van der Waals surface area contributed by atoms with Crippen molar-refractivity contribution in [3.63, 3.8) is 0 Å². The number of amides is 1. The summed E-state index contributed by atoms with van der Waals surface area (Å²) in [5.41, 5.74) is 6.58. The molecule has 1 saturated carbocycles. The van der Waals surface area contributed by atoms with Gasteiger partial charge >= 0.3 is 0 Å². The summed E-state index contributed by atoms with van der Waals surface area (Å²) in [6.07, 6.45) is 3.76. The Bertz CT molecular complexity index is 373. The van der Waals surface area contributed by atoms with Crippen molar-refractivity contribution in [1.82, 2.24) is 5.32 Å². The molecule has 0 aliphatic heterocycles. The predicted octanol–water partition coefficient (Wildman–Crippen LogP) is 1.99. The van der Waals surface area contributed by atoms with Crippen LogP contribution in [0.1, 0.15) is 37.8 Å². The highest BCUT2D eigenvalue weighted by Crippen LogP contribution is 2.37.